The van der Waals surface area contributed by atoms with Gasteiger partial charge in [0.1, 0.15) is 10.6 Å². The van der Waals surface area contributed by atoms with E-state index < -0.39 is 0 Å². The molecule has 0 aliphatic heterocycles. The van der Waals surface area contributed by atoms with Gasteiger partial charge in [-0.25, -0.2) is 4.98 Å². The van der Waals surface area contributed by atoms with E-state index in [0.717, 1.165) is 10.7 Å². The highest BCUT2D eigenvalue weighted by Crippen LogP contribution is 2.30. The zero-order valence-electron chi connectivity index (χ0n) is 10.8. The molecule has 92 valence electrons. The third kappa shape index (κ3) is 3.03. The standard InChI is InChI=1S/C12H22N2OS/c1-6-15-12(4,5)11-14-10(7-16-11)8(2)9(3)13/h7-9H,6,13H2,1-5H3. The lowest BCUT2D eigenvalue weighted by atomic mass is 10.0. The van der Waals surface area contributed by atoms with Crippen LogP contribution >= 0.6 is 11.3 Å². The van der Waals surface area contributed by atoms with Crippen molar-refractivity contribution < 1.29 is 4.74 Å². The fourth-order valence-corrected chi connectivity index (χ4v) is 2.46. The number of ether oxygens (including phenoxy) is 1. The Balaban J connectivity index is 2.86. The van der Waals surface area contributed by atoms with Crippen LogP contribution in [-0.2, 0) is 10.3 Å². The summed E-state index contributed by atoms with van der Waals surface area (Å²) >= 11 is 1.65. The van der Waals surface area contributed by atoms with Crippen molar-refractivity contribution >= 4 is 11.3 Å². The average molecular weight is 242 g/mol. The number of hydrogen-bond acceptors (Lipinski definition) is 4. The van der Waals surface area contributed by atoms with Crippen molar-refractivity contribution in [2.75, 3.05) is 6.61 Å². The monoisotopic (exact) mass is 242 g/mol. The van der Waals surface area contributed by atoms with E-state index in [2.05, 4.69) is 31.1 Å². The highest BCUT2D eigenvalue weighted by atomic mass is 32.1. The lowest BCUT2D eigenvalue weighted by molar-refractivity contribution is -0.0142. The molecule has 1 aromatic heterocycles. The van der Waals surface area contributed by atoms with Crippen LogP contribution in [0.3, 0.4) is 0 Å². The van der Waals surface area contributed by atoms with Gasteiger partial charge in [-0.05, 0) is 27.7 Å². The van der Waals surface area contributed by atoms with E-state index in [-0.39, 0.29) is 11.6 Å². The first-order valence-corrected chi connectivity index (χ1v) is 6.62. The zero-order chi connectivity index (χ0) is 12.3. The number of aromatic nitrogens is 1. The van der Waals surface area contributed by atoms with Gasteiger partial charge in [0.2, 0.25) is 0 Å². The molecule has 0 saturated carbocycles. The molecular weight excluding hydrogens is 220 g/mol. The van der Waals surface area contributed by atoms with Crippen LogP contribution in [-0.4, -0.2) is 17.6 Å². The van der Waals surface area contributed by atoms with E-state index >= 15 is 0 Å². The molecule has 0 aliphatic rings. The summed E-state index contributed by atoms with van der Waals surface area (Å²) in [6, 6.07) is 0.130. The Morgan fingerprint density at radius 1 is 1.50 bits per heavy atom. The minimum atomic E-state index is -0.296. The summed E-state index contributed by atoms with van der Waals surface area (Å²) < 4.78 is 5.69. The van der Waals surface area contributed by atoms with Crippen molar-refractivity contribution in [3.8, 4) is 0 Å². The first-order chi connectivity index (χ1) is 7.38. The summed E-state index contributed by atoms with van der Waals surface area (Å²) in [4.78, 5) is 4.64. The predicted octanol–water partition coefficient (Wildman–Crippen LogP) is 2.87. The smallest absolute Gasteiger partial charge is 0.124 e. The van der Waals surface area contributed by atoms with Crippen molar-refractivity contribution in [2.24, 2.45) is 5.73 Å². The molecule has 0 spiro atoms. The van der Waals surface area contributed by atoms with Gasteiger partial charge in [-0.1, -0.05) is 6.92 Å². The van der Waals surface area contributed by atoms with Gasteiger partial charge >= 0.3 is 0 Å². The molecule has 2 atom stereocenters. The molecule has 1 heterocycles. The van der Waals surface area contributed by atoms with Gasteiger partial charge in [0, 0.05) is 23.9 Å². The normalized spacial score (nSPS) is 16.1. The third-order valence-corrected chi connectivity index (χ3v) is 3.96. The van der Waals surface area contributed by atoms with Crippen LogP contribution in [0.5, 0.6) is 0 Å². The van der Waals surface area contributed by atoms with Crippen molar-refractivity contribution in [2.45, 2.75) is 52.2 Å². The molecule has 1 aromatic rings. The molecule has 3 nitrogen and oxygen atoms in total. The maximum atomic E-state index is 5.88. The van der Waals surface area contributed by atoms with Crippen LogP contribution in [0.4, 0.5) is 0 Å². The van der Waals surface area contributed by atoms with Gasteiger partial charge in [0.25, 0.3) is 0 Å². The average Bonchev–Trinajstić information content (AvgIpc) is 2.65. The van der Waals surface area contributed by atoms with E-state index in [9.17, 15) is 0 Å². The summed E-state index contributed by atoms with van der Waals surface area (Å²) in [6.45, 7) is 10.9. The Morgan fingerprint density at radius 2 is 2.12 bits per heavy atom. The first-order valence-electron chi connectivity index (χ1n) is 5.74. The van der Waals surface area contributed by atoms with Crippen molar-refractivity contribution in [1.29, 1.82) is 0 Å². The van der Waals surface area contributed by atoms with E-state index in [0.29, 0.717) is 12.5 Å². The maximum Gasteiger partial charge on any atom is 0.124 e. The third-order valence-electron chi connectivity index (χ3n) is 2.80. The molecule has 0 radical (unpaired) electrons. The van der Waals surface area contributed by atoms with Crippen LogP contribution in [0.2, 0.25) is 0 Å². The van der Waals surface area contributed by atoms with E-state index in [4.69, 9.17) is 10.5 Å². The second-order valence-electron chi connectivity index (χ2n) is 4.67. The molecule has 2 N–H and O–H groups in total. The van der Waals surface area contributed by atoms with Crippen LogP contribution in [0, 0.1) is 0 Å². The summed E-state index contributed by atoms with van der Waals surface area (Å²) in [6.07, 6.45) is 0. The van der Waals surface area contributed by atoms with Gasteiger partial charge in [-0.2, -0.15) is 0 Å². The molecule has 4 heteroatoms. The van der Waals surface area contributed by atoms with Gasteiger partial charge < -0.3 is 10.5 Å². The Morgan fingerprint density at radius 3 is 2.62 bits per heavy atom. The Kier molecular flexibility index (Phi) is 4.47. The molecule has 0 saturated heterocycles. The zero-order valence-corrected chi connectivity index (χ0v) is 11.6. The van der Waals surface area contributed by atoms with Crippen LogP contribution in [0.1, 0.15) is 51.2 Å². The van der Waals surface area contributed by atoms with Crippen LogP contribution in [0.15, 0.2) is 5.38 Å². The summed E-state index contributed by atoms with van der Waals surface area (Å²) in [5.41, 5.74) is 6.65. The highest BCUT2D eigenvalue weighted by Gasteiger charge is 2.25. The topological polar surface area (TPSA) is 48.1 Å². The number of nitrogens with zero attached hydrogens (tertiary/aromatic N) is 1. The van der Waals surface area contributed by atoms with Gasteiger partial charge in [0.05, 0.1) is 5.69 Å². The molecule has 2 unspecified atom stereocenters. The molecule has 16 heavy (non-hydrogen) atoms. The van der Waals surface area contributed by atoms with E-state index in [1.165, 1.54) is 0 Å². The minimum Gasteiger partial charge on any atom is -0.369 e. The molecule has 1 rings (SSSR count). The number of nitrogens with two attached hydrogens (primary N) is 1. The molecule has 0 aliphatic carbocycles. The minimum absolute atomic E-state index is 0.130. The molecular formula is C12H22N2OS. The second-order valence-corrected chi connectivity index (χ2v) is 5.53. The van der Waals surface area contributed by atoms with Crippen LogP contribution in [0.25, 0.3) is 0 Å². The highest BCUT2D eigenvalue weighted by molar-refractivity contribution is 7.09. The van der Waals surface area contributed by atoms with E-state index in [1.54, 1.807) is 11.3 Å². The van der Waals surface area contributed by atoms with E-state index in [1.807, 2.05) is 13.8 Å². The van der Waals surface area contributed by atoms with Crippen molar-refractivity contribution in [3.05, 3.63) is 16.1 Å². The molecule has 0 fully saturated rings. The van der Waals surface area contributed by atoms with Crippen molar-refractivity contribution in [3.63, 3.8) is 0 Å². The lowest BCUT2D eigenvalue weighted by Gasteiger charge is -2.22. The summed E-state index contributed by atoms with van der Waals surface area (Å²) in [5.74, 6) is 0.294. The van der Waals surface area contributed by atoms with Gasteiger partial charge in [-0.3, -0.25) is 0 Å². The van der Waals surface area contributed by atoms with Gasteiger partial charge in [-0.15, -0.1) is 11.3 Å². The van der Waals surface area contributed by atoms with Crippen molar-refractivity contribution in [1.82, 2.24) is 4.98 Å². The SMILES string of the molecule is CCOC(C)(C)c1nc(C(C)C(C)N)cs1. The van der Waals surface area contributed by atoms with Crippen LogP contribution < -0.4 is 5.73 Å². The lowest BCUT2D eigenvalue weighted by Crippen LogP contribution is -2.24. The Labute approximate surface area is 102 Å². The fraction of sp³-hybridized carbons (Fsp3) is 0.750. The largest absolute Gasteiger partial charge is 0.369 e. The molecule has 0 bridgehead atoms. The number of thiazole rings is 1. The Bertz CT molecular complexity index is 334. The maximum absolute atomic E-state index is 5.88. The quantitative estimate of drug-likeness (QED) is 0.863. The first kappa shape index (κ1) is 13.6. The summed E-state index contributed by atoms with van der Waals surface area (Å²) in [7, 11) is 0. The summed E-state index contributed by atoms with van der Waals surface area (Å²) in [5, 5.41) is 3.11. The molecule has 0 aromatic carbocycles. The molecule has 0 amide bonds. The predicted molar refractivity (Wildman–Crippen MR) is 68.8 cm³/mol. The van der Waals surface area contributed by atoms with Gasteiger partial charge in [0.15, 0.2) is 0 Å². The number of rotatable bonds is 5. The Hall–Kier alpha value is -0.450. The fourth-order valence-electron chi connectivity index (χ4n) is 1.46. The second kappa shape index (κ2) is 5.25. The number of hydrogen-bond donors (Lipinski definition) is 1.